The number of aromatic hydroxyl groups is 1. The molecule has 222 valence electrons. The van der Waals surface area contributed by atoms with Crippen LogP contribution in [0.1, 0.15) is 119 Å². The van der Waals surface area contributed by atoms with E-state index >= 15 is 0 Å². The van der Waals surface area contributed by atoms with Crippen molar-refractivity contribution in [3.8, 4) is 5.75 Å². The van der Waals surface area contributed by atoms with E-state index in [1.807, 2.05) is 34.6 Å². The van der Waals surface area contributed by atoms with E-state index < -0.39 is 29.3 Å². The van der Waals surface area contributed by atoms with Gasteiger partial charge >= 0.3 is 6.09 Å². The van der Waals surface area contributed by atoms with Gasteiger partial charge in [0, 0.05) is 17.6 Å². The summed E-state index contributed by atoms with van der Waals surface area (Å²) in [7, 11) is 0. The molecule has 0 saturated carbocycles. The molecule has 3 amide bonds. The number of phenols is 1. The van der Waals surface area contributed by atoms with Crippen molar-refractivity contribution >= 4 is 17.9 Å². The van der Waals surface area contributed by atoms with E-state index in [1.165, 1.54) is 11.0 Å². The number of ether oxygens (including phenoxy) is 1. The zero-order valence-electron chi connectivity index (χ0n) is 25.7. The summed E-state index contributed by atoms with van der Waals surface area (Å²) in [5, 5.41) is 16.5. The second kappa shape index (κ2) is 15.7. The number of nitrogens with one attached hydrogen (secondary N) is 2. The third-order valence-corrected chi connectivity index (χ3v) is 6.02. The molecule has 0 aliphatic heterocycles. The molecule has 0 heterocycles. The monoisotopic (exact) mass is 547 g/mol. The molecule has 0 radical (unpaired) electrons. The van der Waals surface area contributed by atoms with Gasteiger partial charge in [0.05, 0.1) is 0 Å². The summed E-state index contributed by atoms with van der Waals surface area (Å²) in [6, 6.07) is 4.65. The Hall–Kier alpha value is -2.77. The molecule has 0 aliphatic rings. The quantitative estimate of drug-likeness (QED) is 0.231. The number of unbranched alkanes of at least 4 members (excludes halogenated alkanes) is 5. The molecule has 0 bridgehead atoms. The highest BCUT2D eigenvalue weighted by Crippen LogP contribution is 2.31. The van der Waals surface area contributed by atoms with Gasteiger partial charge in [-0.05, 0) is 66.4 Å². The van der Waals surface area contributed by atoms with E-state index in [1.54, 1.807) is 39.0 Å². The van der Waals surface area contributed by atoms with Gasteiger partial charge in [0.1, 0.15) is 23.4 Å². The highest BCUT2D eigenvalue weighted by atomic mass is 16.6. The lowest BCUT2D eigenvalue weighted by Crippen LogP contribution is -2.55. The fourth-order valence-corrected chi connectivity index (χ4v) is 4.38. The van der Waals surface area contributed by atoms with Crippen LogP contribution in [-0.2, 0) is 14.3 Å². The third kappa shape index (κ3) is 13.2. The lowest BCUT2D eigenvalue weighted by molar-refractivity contribution is -0.143. The zero-order valence-corrected chi connectivity index (χ0v) is 25.7. The van der Waals surface area contributed by atoms with Gasteiger partial charge in [-0.3, -0.25) is 9.59 Å². The average Bonchev–Trinajstić information content (AvgIpc) is 2.77. The predicted molar refractivity (Wildman–Crippen MR) is 156 cm³/mol. The first kappa shape index (κ1) is 34.3. The molecule has 3 N–H and O–H groups in total. The second-order valence-corrected chi connectivity index (χ2v) is 12.8. The van der Waals surface area contributed by atoms with Gasteiger partial charge in [-0.1, -0.05) is 71.1 Å². The number of phenolic OH excluding ortho intramolecular Hbond substituents is 1. The van der Waals surface area contributed by atoms with Crippen molar-refractivity contribution in [3.05, 3.63) is 29.8 Å². The largest absolute Gasteiger partial charge is 0.508 e. The molecule has 39 heavy (non-hydrogen) atoms. The summed E-state index contributed by atoms with van der Waals surface area (Å²) in [5.41, 5.74) is -0.932. The molecule has 2 unspecified atom stereocenters. The maximum Gasteiger partial charge on any atom is 0.408 e. The Morgan fingerprint density at radius 1 is 0.949 bits per heavy atom. The van der Waals surface area contributed by atoms with Crippen LogP contribution in [0, 0.1) is 5.92 Å². The van der Waals surface area contributed by atoms with E-state index in [4.69, 9.17) is 4.74 Å². The minimum atomic E-state index is -1.07. The average molecular weight is 548 g/mol. The van der Waals surface area contributed by atoms with Crippen LogP contribution in [0.5, 0.6) is 5.75 Å². The van der Waals surface area contributed by atoms with Crippen LogP contribution in [0.25, 0.3) is 0 Å². The molecule has 0 aromatic heterocycles. The van der Waals surface area contributed by atoms with Crippen molar-refractivity contribution in [3.63, 3.8) is 0 Å². The van der Waals surface area contributed by atoms with Crippen molar-refractivity contribution in [1.29, 1.82) is 0 Å². The number of rotatable bonds is 14. The fraction of sp³-hybridized carbons (Fsp3) is 0.710. The third-order valence-electron chi connectivity index (χ3n) is 6.02. The van der Waals surface area contributed by atoms with Gasteiger partial charge in [-0.15, -0.1) is 0 Å². The first-order valence-electron chi connectivity index (χ1n) is 14.5. The van der Waals surface area contributed by atoms with Crippen LogP contribution < -0.4 is 10.6 Å². The van der Waals surface area contributed by atoms with Crippen LogP contribution in [0.2, 0.25) is 0 Å². The molecule has 2 atom stereocenters. The highest BCUT2D eigenvalue weighted by molar-refractivity contribution is 5.92. The van der Waals surface area contributed by atoms with Crippen molar-refractivity contribution in [2.24, 2.45) is 5.92 Å². The van der Waals surface area contributed by atoms with Crippen LogP contribution >= 0.6 is 0 Å². The fourth-order valence-electron chi connectivity index (χ4n) is 4.38. The molecule has 0 aliphatic carbocycles. The number of carbonyl (C=O) groups is 3. The number of para-hydroxylation sites is 1. The summed E-state index contributed by atoms with van der Waals surface area (Å²) >= 11 is 0. The minimum absolute atomic E-state index is 0.0622. The topological polar surface area (TPSA) is 108 Å². The minimum Gasteiger partial charge on any atom is -0.508 e. The van der Waals surface area contributed by atoms with Gasteiger partial charge < -0.3 is 25.4 Å². The van der Waals surface area contributed by atoms with Crippen molar-refractivity contribution in [2.45, 2.75) is 130 Å². The SMILES string of the molecule is CCCCCCCCN(C(=O)C(CC(C)C)NC(=O)OC(C)(C)C)C(C(=O)NC(C)(C)C)c1ccccc1O. The van der Waals surface area contributed by atoms with E-state index in [0.717, 1.165) is 32.1 Å². The van der Waals surface area contributed by atoms with Gasteiger partial charge in [-0.25, -0.2) is 4.79 Å². The Morgan fingerprint density at radius 2 is 1.54 bits per heavy atom. The van der Waals surface area contributed by atoms with Crippen molar-refractivity contribution < 1.29 is 24.2 Å². The molecule has 1 rings (SSSR count). The number of alkyl carbamates (subject to hydrolysis) is 1. The van der Waals surface area contributed by atoms with E-state index in [0.29, 0.717) is 24.9 Å². The molecule has 1 aromatic rings. The summed E-state index contributed by atoms with van der Waals surface area (Å²) in [5.74, 6) is -0.728. The van der Waals surface area contributed by atoms with Gasteiger partial charge in [-0.2, -0.15) is 0 Å². The van der Waals surface area contributed by atoms with Crippen LogP contribution in [0.4, 0.5) is 4.79 Å². The molecule has 1 aromatic carbocycles. The highest BCUT2D eigenvalue weighted by Gasteiger charge is 2.38. The first-order valence-corrected chi connectivity index (χ1v) is 14.5. The number of amides is 3. The summed E-state index contributed by atoms with van der Waals surface area (Å²) in [6.45, 7) is 17.3. The maximum atomic E-state index is 14.2. The van der Waals surface area contributed by atoms with Crippen molar-refractivity contribution in [2.75, 3.05) is 6.54 Å². The Bertz CT molecular complexity index is 918. The van der Waals surface area contributed by atoms with E-state index in [-0.39, 0.29) is 23.5 Å². The summed E-state index contributed by atoms with van der Waals surface area (Å²) in [4.78, 5) is 42.3. The lowest BCUT2D eigenvalue weighted by Gasteiger charge is -2.36. The molecule has 0 fully saturated rings. The first-order chi connectivity index (χ1) is 18.1. The summed E-state index contributed by atoms with van der Waals surface area (Å²) in [6.07, 6.45) is 5.76. The van der Waals surface area contributed by atoms with Gasteiger partial charge in [0.25, 0.3) is 0 Å². The van der Waals surface area contributed by atoms with Crippen molar-refractivity contribution in [1.82, 2.24) is 15.5 Å². The molecule has 0 spiro atoms. The Morgan fingerprint density at radius 3 is 2.08 bits per heavy atom. The Balaban J connectivity index is 3.49. The molecular weight excluding hydrogens is 494 g/mol. The standard InChI is InChI=1S/C31H53N3O5/c1-10-11-12-13-14-17-20-34(28(37)24(21-22(2)3)32-29(38)39-31(7,8)9)26(27(36)33-30(4,5)6)23-18-15-16-19-25(23)35/h15-16,18-19,22,24,26,35H,10-14,17,20-21H2,1-9H3,(H,32,38)(H,33,36). The normalized spacial score (nSPS) is 13.5. The second-order valence-electron chi connectivity index (χ2n) is 12.8. The molecular formula is C31H53N3O5. The lowest BCUT2D eigenvalue weighted by atomic mass is 9.97. The Kier molecular flexibility index (Phi) is 13.8. The number of nitrogens with zero attached hydrogens (tertiary/aromatic N) is 1. The number of carbonyl (C=O) groups excluding carboxylic acids is 3. The zero-order chi connectivity index (χ0) is 29.8. The molecule has 0 saturated heterocycles. The van der Waals surface area contributed by atoms with E-state index in [2.05, 4.69) is 17.6 Å². The van der Waals surface area contributed by atoms with Crippen LogP contribution in [0.15, 0.2) is 24.3 Å². The predicted octanol–water partition coefficient (Wildman–Crippen LogP) is 6.48. The van der Waals surface area contributed by atoms with Gasteiger partial charge in [0.15, 0.2) is 0 Å². The summed E-state index contributed by atoms with van der Waals surface area (Å²) < 4.78 is 5.45. The van der Waals surface area contributed by atoms with Crippen LogP contribution in [0.3, 0.4) is 0 Å². The maximum absolute atomic E-state index is 14.2. The Labute approximate surface area is 236 Å². The van der Waals surface area contributed by atoms with E-state index in [9.17, 15) is 19.5 Å². The molecule has 8 heteroatoms. The smallest absolute Gasteiger partial charge is 0.408 e. The molecule has 8 nitrogen and oxygen atoms in total. The van der Waals surface area contributed by atoms with Crippen LogP contribution in [-0.4, -0.2) is 51.6 Å². The number of hydrogen-bond acceptors (Lipinski definition) is 5. The number of benzene rings is 1. The number of hydrogen-bond donors (Lipinski definition) is 3. The van der Waals surface area contributed by atoms with Gasteiger partial charge in [0.2, 0.25) is 11.8 Å².